The van der Waals surface area contributed by atoms with Crippen molar-refractivity contribution in [2.24, 2.45) is 0 Å². The highest BCUT2D eigenvalue weighted by Crippen LogP contribution is 2.23. The third kappa shape index (κ3) is 2.34. The number of fused-ring (bicyclic) bond motifs is 1. The number of hydrogen-bond acceptors (Lipinski definition) is 4. The van der Waals surface area contributed by atoms with E-state index in [0.29, 0.717) is 18.8 Å². The van der Waals surface area contributed by atoms with Gasteiger partial charge in [0.2, 0.25) is 0 Å². The summed E-state index contributed by atoms with van der Waals surface area (Å²) in [6.07, 6.45) is 3.03. The molecule has 0 spiro atoms. The van der Waals surface area contributed by atoms with Crippen LogP contribution in [0.15, 0.2) is 11.6 Å². The Balaban J connectivity index is 2.27. The molecule has 17 heavy (non-hydrogen) atoms. The molecule has 2 aromatic rings. The number of thiazole rings is 1. The number of carbonyl (C=O) groups is 1. The van der Waals surface area contributed by atoms with Crippen molar-refractivity contribution in [1.82, 2.24) is 9.38 Å². The van der Waals surface area contributed by atoms with Gasteiger partial charge in [0.05, 0.1) is 19.7 Å². The summed E-state index contributed by atoms with van der Waals surface area (Å²) in [7, 11) is 1.42. The van der Waals surface area contributed by atoms with Crippen molar-refractivity contribution in [1.29, 1.82) is 0 Å². The zero-order valence-corrected chi connectivity index (χ0v) is 11.1. The summed E-state index contributed by atoms with van der Waals surface area (Å²) >= 11 is 1.61. The topological polar surface area (TPSA) is 43.6 Å². The Morgan fingerprint density at radius 2 is 2.35 bits per heavy atom. The van der Waals surface area contributed by atoms with Crippen LogP contribution in [0.2, 0.25) is 0 Å². The lowest BCUT2D eigenvalue weighted by molar-refractivity contribution is -0.140. The summed E-state index contributed by atoms with van der Waals surface area (Å²) in [4.78, 5) is 16.5. The molecule has 92 valence electrons. The number of hydrogen-bond donors (Lipinski definition) is 0. The first-order valence-corrected chi connectivity index (χ1v) is 6.52. The molecule has 2 heterocycles. The predicted octanol–water partition coefficient (Wildman–Crippen LogP) is 2.62. The van der Waals surface area contributed by atoms with Crippen LogP contribution in [0.5, 0.6) is 0 Å². The van der Waals surface area contributed by atoms with Gasteiger partial charge in [-0.1, -0.05) is 13.8 Å². The van der Waals surface area contributed by atoms with Crippen LogP contribution in [0, 0.1) is 0 Å². The number of esters is 1. The predicted molar refractivity (Wildman–Crippen MR) is 67.5 cm³/mol. The molecule has 2 aromatic heterocycles. The van der Waals surface area contributed by atoms with Gasteiger partial charge in [0.25, 0.3) is 0 Å². The van der Waals surface area contributed by atoms with Crippen molar-refractivity contribution < 1.29 is 9.53 Å². The molecule has 0 unspecified atom stereocenters. The highest BCUT2D eigenvalue weighted by Gasteiger charge is 2.13. The number of rotatable bonds is 4. The van der Waals surface area contributed by atoms with Gasteiger partial charge in [-0.05, 0) is 12.3 Å². The minimum absolute atomic E-state index is 0.171. The Morgan fingerprint density at radius 3 is 3.00 bits per heavy atom. The molecule has 0 saturated carbocycles. The van der Waals surface area contributed by atoms with Gasteiger partial charge in [-0.15, -0.1) is 11.3 Å². The monoisotopic (exact) mass is 252 g/mol. The summed E-state index contributed by atoms with van der Waals surface area (Å²) in [6.45, 7) is 4.29. The molecule has 0 aliphatic rings. The second kappa shape index (κ2) is 4.87. The van der Waals surface area contributed by atoms with Crippen molar-refractivity contribution in [2.75, 3.05) is 7.11 Å². The van der Waals surface area contributed by atoms with Gasteiger partial charge in [-0.25, -0.2) is 4.98 Å². The van der Waals surface area contributed by atoms with E-state index in [1.807, 2.05) is 6.20 Å². The fraction of sp³-hybridized carbons (Fsp3) is 0.500. The van der Waals surface area contributed by atoms with E-state index in [1.54, 1.807) is 11.3 Å². The van der Waals surface area contributed by atoms with E-state index in [0.717, 1.165) is 10.7 Å². The van der Waals surface area contributed by atoms with Crippen LogP contribution in [-0.4, -0.2) is 22.5 Å². The Bertz CT molecular complexity index is 528. The lowest BCUT2D eigenvalue weighted by Crippen LogP contribution is -2.04. The number of carbonyl (C=O) groups excluding carboxylic acids is 1. The average Bonchev–Trinajstić information content (AvgIpc) is 2.86. The molecule has 4 nitrogen and oxygen atoms in total. The molecule has 0 saturated heterocycles. The minimum atomic E-state index is -0.171. The second-order valence-electron chi connectivity index (χ2n) is 4.26. The molecule has 0 aromatic carbocycles. The maximum Gasteiger partial charge on any atom is 0.305 e. The van der Waals surface area contributed by atoms with Crippen molar-refractivity contribution in [3.05, 3.63) is 23.0 Å². The van der Waals surface area contributed by atoms with Crippen LogP contribution >= 0.6 is 11.3 Å². The minimum Gasteiger partial charge on any atom is -0.469 e. The molecule has 0 fully saturated rings. The summed E-state index contributed by atoms with van der Waals surface area (Å²) in [5.41, 5.74) is 2.33. The molecule has 5 heteroatoms. The Kier molecular flexibility index (Phi) is 3.47. The molecular weight excluding hydrogens is 236 g/mol. The third-order valence-corrected chi connectivity index (χ3v) is 3.64. The van der Waals surface area contributed by atoms with Crippen molar-refractivity contribution in [3.8, 4) is 0 Å². The highest BCUT2D eigenvalue weighted by molar-refractivity contribution is 7.15. The molecule has 0 N–H and O–H groups in total. The van der Waals surface area contributed by atoms with Crippen molar-refractivity contribution in [3.63, 3.8) is 0 Å². The van der Waals surface area contributed by atoms with Gasteiger partial charge < -0.3 is 4.74 Å². The first-order chi connectivity index (χ1) is 8.13. The van der Waals surface area contributed by atoms with Gasteiger partial charge in [-0.2, -0.15) is 0 Å². The van der Waals surface area contributed by atoms with Crippen LogP contribution < -0.4 is 0 Å². The SMILES string of the molecule is COC(=O)CCc1csc2ncc(C(C)C)n12. The van der Waals surface area contributed by atoms with E-state index in [-0.39, 0.29) is 5.97 Å². The number of methoxy groups -OCH3 is 1. The largest absolute Gasteiger partial charge is 0.469 e. The van der Waals surface area contributed by atoms with E-state index < -0.39 is 0 Å². The normalized spacial score (nSPS) is 11.3. The molecular formula is C12H16N2O2S. The second-order valence-corrected chi connectivity index (χ2v) is 5.10. The lowest BCUT2D eigenvalue weighted by Gasteiger charge is -2.06. The number of nitrogens with zero attached hydrogens (tertiary/aromatic N) is 2. The zero-order chi connectivity index (χ0) is 12.4. The summed E-state index contributed by atoms with van der Waals surface area (Å²) < 4.78 is 6.81. The van der Waals surface area contributed by atoms with Gasteiger partial charge in [0.15, 0.2) is 4.96 Å². The smallest absolute Gasteiger partial charge is 0.305 e. The van der Waals surface area contributed by atoms with Crippen LogP contribution in [0.1, 0.15) is 37.6 Å². The zero-order valence-electron chi connectivity index (χ0n) is 10.3. The average molecular weight is 252 g/mol. The fourth-order valence-electron chi connectivity index (χ4n) is 1.80. The van der Waals surface area contributed by atoms with E-state index in [9.17, 15) is 4.79 Å². The quantitative estimate of drug-likeness (QED) is 0.786. The maximum absolute atomic E-state index is 11.2. The fourth-order valence-corrected chi connectivity index (χ4v) is 2.71. The Morgan fingerprint density at radius 1 is 1.59 bits per heavy atom. The molecule has 0 bridgehead atoms. The van der Waals surface area contributed by atoms with Crippen LogP contribution in [-0.2, 0) is 16.0 Å². The van der Waals surface area contributed by atoms with Crippen LogP contribution in [0.25, 0.3) is 4.96 Å². The molecule has 0 atom stereocenters. The number of aromatic nitrogens is 2. The van der Waals surface area contributed by atoms with Gasteiger partial charge in [0.1, 0.15) is 0 Å². The van der Waals surface area contributed by atoms with Gasteiger partial charge >= 0.3 is 5.97 Å². The van der Waals surface area contributed by atoms with Crippen LogP contribution in [0.3, 0.4) is 0 Å². The first kappa shape index (κ1) is 12.1. The number of aryl methyl sites for hydroxylation is 1. The maximum atomic E-state index is 11.2. The van der Waals surface area contributed by atoms with Gasteiger partial charge in [-0.3, -0.25) is 9.20 Å². The summed E-state index contributed by atoms with van der Waals surface area (Å²) in [5, 5.41) is 2.07. The molecule has 0 amide bonds. The number of imidazole rings is 1. The lowest BCUT2D eigenvalue weighted by atomic mass is 10.1. The third-order valence-electron chi connectivity index (χ3n) is 2.75. The molecule has 0 aliphatic heterocycles. The highest BCUT2D eigenvalue weighted by atomic mass is 32.1. The molecule has 0 aliphatic carbocycles. The molecule has 2 rings (SSSR count). The summed E-state index contributed by atoms with van der Waals surface area (Å²) in [6, 6.07) is 0. The van der Waals surface area contributed by atoms with E-state index in [2.05, 4.69) is 33.3 Å². The standard InChI is InChI=1S/C12H16N2O2S/c1-8(2)10-6-13-12-14(10)9(7-17-12)4-5-11(15)16-3/h6-8H,4-5H2,1-3H3. The van der Waals surface area contributed by atoms with E-state index in [4.69, 9.17) is 0 Å². The van der Waals surface area contributed by atoms with Crippen molar-refractivity contribution in [2.45, 2.75) is 32.6 Å². The number of ether oxygens (including phenoxy) is 1. The summed E-state index contributed by atoms with van der Waals surface area (Å²) in [5.74, 6) is 0.257. The first-order valence-electron chi connectivity index (χ1n) is 5.64. The van der Waals surface area contributed by atoms with E-state index in [1.165, 1.54) is 12.8 Å². The Hall–Kier alpha value is -1.36. The van der Waals surface area contributed by atoms with E-state index >= 15 is 0 Å². The van der Waals surface area contributed by atoms with Gasteiger partial charge in [0, 0.05) is 16.8 Å². The Labute approximate surface area is 104 Å². The molecule has 0 radical (unpaired) electrons. The van der Waals surface area contributed by atoms with Crippen LogP contribution in [0.4, 0.5) is 0 Å². The van der Waals surface area contributed by atoms with Crippen molar-refractivity contribution >= 4 is 22.3 Å².